The number of hydrogen-bond acceptors (Lipinski definition) is 5. The van der Waals surface area contributed by atoms with Crippen LogP contribution in [0.2, 0.25) is 0 Å². The summed E-state index contributed by atoms with van der Waals surface area (Å²) in [5.41, 5.74) is 2.50. The van der Waals surface area contributed by atoms with Crippen LogP contribution in [-0.2, 0) is 16.1 Å². The number of anilines is 1. The molecule has 3 rings (SSSR count). The lowest BCUT2D eigenvalue weighted by atomic mass is 10.2. The smallest absolute Gasteiger partial charge is 0.252 e. The molecule has 0 bridgehead atoms. The van der Waals surface area contributed by atoms with Crippen LogP contribution in [0.5, 0.6) is 0 Å². The third kappa shape index (κ3) is 4.82. The van der Waals surface area contributed by atoms with Gasteiger partial charge in [0.1, 0.15) is 0 Å². The molecule has 2 aromatic rings. The van der Waals surface area contributed by atoms with E-state index in [9.17, 15) is 14.4 Å². The van der Waals surface area contributed by atoms with Crippen molar-refractivity contribution in [3.05, 3.63) is 52.2 Å². The Balaban J connectivity index is 1.43. The first kappa shape index (κ1) is 17.9. The summed E-state index contributed by atoms with van der Waals surface area (Å²) in [6.07, 6.45) is 0. The van der Waals surface area contributed by atoms with Gasteiger partial charge in [-0.1, -0.05) is 12.1 Å². The summed E-state index contributed by atoms with van der Waals surface area (Å²) < 4.78 is 0. The molecule has 0 atom stereocenters. The van der Waals surface area contributed by atoms with E-state index in [1.807, 2.05) is 34.5 Å². The summed E-state index contributed by atoms with van der Waals surface area (Å²) in [7, 11) is 0. The maximum Gasteiger partial charge on any atom is 0.252 e. The van der Waals surface area contributed by atoms with E-state index in [4.69, 9.17) is 0 Å². The Hall–Kier alpha value is -2.87. The zero-order chi connectivity index (χ0) is 18.4. The van der Waals surface area contributed by atoms with Crippen molar-refractivity contribution in [3.8, 4) is 0 Å². The summed E-state index contributed by atoms with van der Waals surface area (Å²) in [4.78, 5) is 37.1. The molecule has 0 aliphatic carbocycles. The highest BCUT2D eigenvalue weighted by Crippen LogP contribution is 2.16. The Morgan fingerprint density at radius 3 is 2.65 bits per heavy atom. The van der Waals surface area contributed by atoms with Crippen LogP contribution in [0.15, 0.2) is 41.1 Å². The van der Waals surface area contributed by atoms with Gasteiger partial charge in [-0.15, -0.1) is 0 Å². The van der Waals surface area contributed by atoms with Crippen LogP contribution >= 0.6 is 11.3 Å². The molecule has 0 unspecified atom stereocenters. The van der Waals surface area contributed by atoms with Gasteiger partial charge in [0.15, 0.2) is 0 Å². The number of amides is 3. The molecule has 3 amide bonds. The molecule has 1 aromatic heterocycles. The first-order valence-corrected chi connectivity index (χ1v) is 9.24. The van der Waals surface area contributed by atoms with E-state index in [0.29, 0.717) is 25.2 Å². The SMILES string of the molecule is O=C(CNC(=O)c1ccsc1)NCc1ccc(N2CCNC(=O)C2)cc1. The number of hydrogen-bond donors (Lipinski definition) is 3. The zero-order valence-corrected chi connectivity index (χ0v) is 15.0. The Labute approximate surface area is 155 Å². The second-order valence-electron chi connectivity index (χ2n) is 5.91. The van der Waals surface area contributed by atoms with Crippen molar-refractivity contribution in [1.82, 2.24) is 16.0 Å². The highest BCUT2D eigenvalue weighted by molar-refractivity contribution is 7.08. The predicted octanol–water partition coefficient (Wildman–Crippen LogP) is 0.731. The van der Waals surface area contributed by atoms with E-state index < -0.39 is 0 Å². The van der Waals surface area contributed by atoms with Crippen molar-refractivity contribution >= 4 is 34.7 Å². The van der Waals surface area contributed by atoms with Crippen molar-refractivity contribution in [2.45, 2.75) is 6.54 Å². The van der Waals surface area contributed by atoms with Crippen LogP contribution in [0.3, 0.4) is 0 Å². The largest absolute Gasteiger partial charge is 0.360 e. The average molecular weight is 372 g/mol. The van der Waals surface area contributed by atoms with Crippen LogP contribution in [0.4, 0.5) is 5.69 Å². The lowest BCUT2D eigenvalue weighted by Crippen LogP contribution is -2.47. The number of carbonyl (C=O) groups is 3. The summed E-state index contributed by atoms with van der Waals surface area (Å²) in [5.74, 6) is -0.473. The average Bonchev–Trinajstić information content (AvgIpc) is 3.20. The fraction of sp³-hybridized carbons (Fsp3) is 0.278. The summed E-state index contributed by atoms with van der Waals surface area (Å²) in [6.45, 7) is 2.11. The molecule has 136 valence electrons. The Bertz CT molecular complexity index is 774. The van der Waals surface area contributed by atoms with Crippen molar-refractivity contribution in [2.24, 2.45) is 0 Å². The summed E-state index contributed by atoms with van der Waals surface area (Å²) in [6, 6.07) is 9.44. The van der Waals surface area contributed by atoms with Crippen molar-refractivity contribution in [1.29, 1.82) is 0 Å². The lowest BCUT2D eigenvalue weighted by Gasteiger charge is -2.28. The van der Waals surface area contributed by atoms with Crippen molar-refractivity contribution in [2.75, 3.05) is 31.1 Å². The number of piperazine rings is 1. The van der Waals surface area contributed by atoms with Crippen molar-refractivity contribution in [3.63, 3.8) is 0 Å². The van der Waals surface area contributed by atoms with Crippen LogP contribution in [0.25, 0.3) is 0 Å². The van der Waals surface area contributed by atoms with E-state index in [1.54, 1.807) is 11.4 Å². The standard InChI is InChI=1S/C18H20N4O3S/c23-16(10-21-18(25)14-5-8-26-12-14)20-9-13-1-3-15(4-2-13)22-7-6-19-17(24)11-22/h1-5,8,12H,6-7,9-11H2,(H,19,24)(H,20,23)(H,21,25). The maximum absolute atomic E-state index is 11.9. The number of thiophene rings is 1. The van der Waals surface area contributed by atoms with Gasteiger partial charge in [0.05, 0.1) is 13.1 Å². The molecular weight excluding hydrogens is 352 g/mol. The number of nitrogens with one attached hydrogen (secondary N) is 3. The molecule has 0 spiro atoms. The van der Waals surface area contributed by atoms with E-state index in [2.05, 4.69) is 16.0 Å². The number of benzene rings is 1. The molecule has 3 N–H and O–H groups in total. The molecule has 1 fully saturated rings. The second-order valence-corrected chi connectivity index (χ2v) is 6.69. The monoisotopic (exact) mass is 372 g/mol. The molecule has 1 saturated heterocycles. The Morgan fingerprint density at radius 1 is 1.15 bits per heavy atom. The van der Waals surface area contributed by atoms with Gasteiger partial charge in [0, 0.05) is 36.3 Å². The lowest BCUT2D eigenvalue weighted by molar-refractivity contribution is -0.121. The van der Waals surface area contributed by atoms with Gasteiger partial charge < -0.3 is 20.9 Å². The normalized spacial score (nSPS) is 13.8. The van der Waals surface area contributed by atoms with Gasteiger partial charge in [-0.25, -0.2) is 0 Å². The molecule has 8 heteroatoms. The number of rotatable bonds is 6. The fourth-order valence-electron chi connectivity index (χ4n) is 2.60. The third-order valence-corrected chi connectivity index (χ3v) is 4.71. The molecule has 26 heavy (non-hydrogen) atoms. The van der Waals surface area contributed by atoms with E-state index in [-0.39, 0.29) is 24.3 Å². The predicted molar refractivity (Wildman–Crippen MR) is 100 cm³/mol. The third-order valence-electron chi connectivity index (χ3n) is 4.02. The number of carbonyl (C=O) groups excluding carboxylic acids is 3. The number of nitrogens with zero attached hydrogens (tertiary/aromatic N) is 1. The minimum absolute atomic E-state index is 0.0251. The second kappa shape index (κ2) is 8.48. The van der Waals surface area contributed by atoms with Gasteiger partial charge in [0.25, 0.3) is 5.91 Å². The highest BCUT2D eigenvalue weighted by Gasteiger charge is 2.16. The Kier molecular flexibility index (Phi) is 5.85. The molecule has 0 saturated carbocycles. The summed E-state index contributed by atoms with van der Waals surface area (Å²) in [5, 5.41) is 11.7. The van der Waals surface area contributed by atoms with Gasteiger partial charge in [-0.2, -0.15) is 11.3 Å². The topological polar surface area (TPSA) is 90.5 Å². The molecule has 7 nitrogen and oxygen atoms in total. The minimum atomic E-state index is -0.253. The zero-order valence-electron chi connectivity index (χ0n) is 14.2. The molecule has 1 aromatic carbocycles. The quantitative estimate of drug-likeness (QED) is 0.697. The van der Waals surface area contributed by atoms with E-state index in [0.717, 1.165) is 17.8 Å². The first-order chi connectivity index (χ1) is 12.6. The molecule has 1 aliphatic rings. The van der Waals surface area contributed by atoms with E-state index >= 15 is 0 Å². The molecular formula is C18H20N4O3S. The van der Waals surface area contributed by atoms with Crippen LogP contribution in [0, 0.1) is 0 Å². The van der Waals surface area contributed by atoms with Gasteiger partial charge in [0.2, 0.25) is 11.8 Å². The summed E-state index contributed by atoms with van der Waals surface area (Å²) >= 11 is 1.43. The van der Waals surface area contributed by atoms with Crippen LogP contribution < -0.4 is 20.9 Å². The first-order valence-electron chi connectivity index (χ1n) is 8.29. The van der Waals surface area contributed by atoms with Crippen LogP contribution in [-0.4, -0.2) is 43.9 Å². The molecule has 0 radical (unpaired) electrons. The minimum Gasteiger partial charge on any atom is -0.360 e. The van der Waals surface area contributed by atoms with E-state index in [1.165, 1.54) is 11.3 Å². The van der Waals surface area contributed by atoms with Gasteiger partial charge >= 0.3 is 0 Å². The van der Waals surface area contributed by atoms with Gasteiger partial charge in [-0.3, -0.25) is 14.4 Å². The molecule has 1 aliphatic heterocycles. The fourth-order valence-corrected chi connectivity index (χ4v) is 3.24. The molecule has 2 heterocycles. The van der Waals surface area contributed by atoms with Gasteiger partial charge in [-0.05, 0) is 29.1 Å². The maximum atomic E-state index is 11.9. The van der Waals surface area contributed by atoms with Crippen molar-refractivity contribution < 1.29 is 14.4 Å². The Morgan fingerprint density at radius 2 is 1.96 bits per heavy atom. The van der Waals surface area contributed by atoms with Crippen LogP contribution in [0.1, 0.15) is 15.9 Å². The highest BCUT2D eigenvalue weighted by atomic mass is 32.1.